The standard InChI is InChI=1S/C19H18N6O/c1-26-18-10-9-15(12-22-18)21-11-13-5-7-14(8-6-13)16-3-2-4-17-23-19(20)24-25(16)17/h2-10,12,21H,11H2,1H3,(H2,20,24). The van der Waals surface area contributed by atoms with Crippen LogP contribution in [0.5, 0.6) is 5.88 Å². The molecule has 130 valence electrons. The molecule has 0 saturated heterocycles. The van der Waals surface area contributed by atoms with Crippen LogP contribution in [0.4, 0.5) is 11.6 Å². The number of aromatic nitrogens is 4. The Kier molecular flexibility index (Phi) is 4.10. The van der Waals surface area contributed by atoms with E-state index in [4.69, 9.17) is 10.5 Å². The molecule has 0 bridgehead atoms. The van der Waals surface area contributed by atoms with Crippen molar-refractivity contribution in [3.05, 3.63) is 66.4 Å². The van der Waals surface area contributed by atoms with Crippen LogP contribution in [-0.2, 0) is 6.54 Å². The van der Waals surface area contributed by atoms with Crippen molar-refractivity contribution < 1.29 is 4.74 Å². The summed E-state index contributed by atoms with van der Waals surface area (Å²) >= 11 is 0. The van der Waals surface area contributed by atoms with Gasteiger partial charge in [-0.1, -0.05) is 30.3 Å². The van der Waals surface area contributed by atoms with E-state index in [-0.39, 0.29) is 5.95 Å². The minimum Gasteiger partial charge on any atom is -0.481 e. The number of fused-ring (bicyclic) bond motifs is 1. The maximum Gasteiger partial charge on any atom is 0.240 e. The zero-order chi connectivity index (χ0) is 17.9. The zero-order valence-electron chi connectivity index (χ0n) is 14.3. The van der Waals surface area contributed by atoms with Gasteiger partial charge in [-0.2, -0.15) is 4.98 Å². The lowest BCUT2D eigenvalue weighted by molar-refractivity contribution is 0.398. The van der Waals surface area contributed by atoms with Crippen LogP contribution in [-0.4, -0.2) is 26.7 Å². The van der Waals surface area contributed by atoms with Crippen LogP contribution in [0.1, 0.15) is 5.56 Å². The molecule has 0 unspecified atom stereocenters. The summed E-state index contributed by atoms with van der Waals surface area (Å²) in [6.45, 7) is 0.703. The number of methoxy groups -OCH3 is 1. The molecule has 0 fully saturated rings. The fourth-order valence-corrected chi connectivity index (χ4v) is 2.74. The molecule has 3 heterocycles. The van der Waals surface area contributed by atoms with E-state index in [1.54, 1.807) is 17.8 Å². The maximum absolute atomic E-state index is 5.71. The normalized spacial score (nSPS) is 10.8. The predicted octanol–water partition coefficient (Wildman–Crippen LogP) is 2.99. The Morgan fingerprint density at radius 1 is 1.08 bits per heavy atom. The SMILES string of the molecule is COc1ccc(NCc2ccc(-c3cccc4nc(N)nn34)cc2)cn1. The first-order valence-corrected chi connectivity index (χ1v) is 8.17. The van der Waals surface area contributed by atoms with Crippen LogP contribution in [0.2, 0.25) is 0 Å². The highest BCUT2D eigenvalue weighted by molar-refractivity contribution is 5.64. The molecule has 26 heavy (non-hydrogen) atoms. The van der Waals surface area contributed by atoms with Gasteiger partial charge in [-0.3, -0.25) is 0 Å². The van der Waals surface area contributed by atoms with E-state index >= 15 is 0 Å². The zero-order valence-corrected chi connectivity index (χ0v) is 14.3. The Bertz CT molecular complexity index is 1020. The molecule has 0 atom stereocenters. The van der Waals surface area contributed by atoms with Gasteiger partial charge in [-0.15, -0.1) is 5.10 Å². The second-order valence-electron chi connectivity index (χ2n) is 5.79. The van der Waals surface area contributed by atoms with Gasteiger partial charge >= 0.3 is 0 Å². The van der Waals surface area contributed by atoms with Gasteiger partial charge in [0.05, 0.1) is 24.7 Å². The molecule has 0 saturated carbocycles. The van der Waals surface area contributed by atoms with Gasteiger partial charge in [0.1, 0.15) is 0 Å². The molecule has 3 N–H and O–H groups in total. The Morgan fingerprint density at radius 3 is 2.65 bits per heavy atom. The van der Waals surface area contributed by atoms with E-state index in [9.17, 15) is 0 Å². The van der Waals surface area contributed by atoms with Crippen molar-refractivity contribution in [3.8, 4) is 17.1 Å². The summed E-state index contributed by atoms with van der Waals surface area (Å²) in [5.41, 5.74) is 10.5. The molecule has 0 spiro atoms. The number of nitrogens with one attached hydrogen (secondary N) is 1. The smallest absolute Gasteiger partial charge is 0.240 e. The fourth-order valence-electron chi connectivity index (χ4n) is 2.74. The molecule has 0 aliphatic carbocycles. The summed E-state index contributed by atoms with van der Waals surface area (Å²) in [5.74, 6) is 0.870. The van der Waals surface area contributed by atoms with Crippen LogP contribution >= 0.6 is 0 Å². The third kappa shape index (κ3) is 3.14. The van der Waals surface area contributed by atoms with Gasteiger partial charge in [-0.25, -0.2) is 9.50 Å². The van der Waals surface area contributed by atoms with Gasteiger partial charge in [0.25, 0.3) is 0 Å². The number of benzene rings is 1. The van der Waals surface area contributed by atoms with Crippen molar-refractivity contribution in [3.63, 3.8) is 0 Å². The van der Waals surface area contributed by atoms with Crippen molar-refractivity contribution in [1.29, 1.82) is 0 Å². The average Bonchev–Trinajstić information content (AvgIpc) is 3.07. The van der Waals surface area contributed by atoms with Crippen molar-refractivity contribution in [2.75, 3.05) is 18.2 Å². The van der Waals surface area contributed by atoms with Gasteiger partial charge in [-0.05, 0) is 23.8 Å². The summed E-state index contributed by atoms with van der Waals surface area (Å²) in [6.07, 6.45) is 1.75. The summed E-state index contributed by atoms with van der Waals surface area (Å²) < 4.78 is 6.82. The summed E-state index contributed by atoms with van der Waals surface area (Å²) in [5, 5.41) is 7.60. The Hall–Kier alpha value is -3.61. The highest BCUT2D eigenvalue weighted by Crippen LogP contribution is 2.21. The number of hydrogen-bond donors (Lipinski definition) is 2. The highest BCUT2D eigenvalue weighted by atomic mass is 16.5. The second kappa shape index (κ2) is 6.72. The minimum absolute atomic E-state index is 0.270. The van der Waals surface area contributed by atoms with Crippen LogP contribution in [0, 0.1) is 0 Å². The molecule has 3 aromatic heterocycles. The van der Waals surface area contributed by atoms with E-state index in [0.29, 0.717) is 12.4 Å². The largest absolute Gasteiger partial charge is 0.481 e. The van der Waals surface area contributed by atoms with Crippen LogP contribution < -0.4 is 15.8 Å². The number of nitrogens with zero attached hydrogens (tertiary/aromatic N) is 4. The molecule has 1 aromatic carbocycles. The van der Waals surface area contributed by atoms with E-state index in [1.165, 1.54) is 0 Å². The van der Waals surface area contributed by atoms with Crippen molar-refractivity contribution >= 4 is 17.3 Å². The third-order valence-electron chi connectivity index (χ3n) is 4.07. The molecule has 0 amide bonds. The first kappa shape index (κ1) is 15.9. The number of nitrogens with two attached hydrogens (primary N) is 1. The number of hydrogen-bond acceptors (Lipinski definition) is 6. The number of rotatable bonds is 5. The monoisotopic (exact) mass is 346 g/mol. The summed E-state index contributed by atoms with van der Waals surface area (Å²) in [6, 6.07) is 17.9. The lowest BCUT2D eigenvalue weighted by atomic mass is 10.1. The van der Waals surface area contributed by atoms with E-state index in [1.807, 2.05) is 30.3 Å². The lowest BCUT2D eigenvalue weighted by Crippen LogP contribution is -2.00. The fraction of sp³-hybridized carbons (Fsp3) is 0.105. The Labute approximate surface area is 150 Å². The van der Waals surface area contributed by atoms with E-state index in [2.05, 4.69) is 44.6 Å². The summed E-state index contributed by atoms with van der Waals surface area (Å²) in [7, 11) is 1.60. The quantitative estimate of drug-likeness (QED) is 0.577. The number of nitrogen functional groups attached to an aromatic ring is 1. The number of ether oxygens (including phenoxy) is 1. The van der Waals surface area contributed by atoms with Crippen LogP contribution in [0.3, 0.4) is 0 Å². The van der Waals surface area contributed by atoms with Gasteiger partial charge < -0.3 is 15.8 Å². The molecule has 7 nitrogen and oxygen atoms in total. The summed E-state index contributed by atoms with van der Waals surface area (Å²) in [4.78, 5) is 8.38. The molecule has 0 aliphatic heterocycles. The second-order valence-corrected chi connectivity index (χ2v) is 5.79. The van der Waals surface area contributed by atoms with Crippen molar-refractivity contribution in [2.24, 2.45) is 0 Å². The van der Waals surface area contributed by atoms with Gasteiger partial charge in [0, 0.05) is 18.2 Å². The van der Waals surface area contributed by atoms with Crippen LogP contribution in [0.15, 0.2) is 60.8 Å². The highest BCUT2D eigenvalue weighted by Gasteiger charge is 2.07. The molecule has 0 aliphatic rings. The van der Waals surface area contributed by atoms with Crippen LogP contribution in [0.25, 0.3) is 16.9 Å². The molecule has 0 radical (unpaired) electrons. The van der Waals surface area contributed by atoms with E-state index < -0.39 is 0 Å². The first-order chi connectivity index (χ1) is 12.7. The molecular weight excluding hydrogens is 328 g/mol. The van der Waals surface area contributed by atoms with Gasteiger partial charge in [0.15, 0.2) is 5.65 Å². The van der Waals surface area contributed by atoms with Crippen molar-refractivity contribution in [2.45, 2.75) is 6.54 Å². The topological polar surface area (TPSA) is 90.4 Å². The minimum atomic E-state index is 0.270. The molecule has 4 rings (SSSR count). The number of pyridine rings is 2. The van der Waals surface area contributed by atoms with Gasteiger partial charge in [0.2, 0.25) is 11.8 Å². The Balaban J connectivity index is 1.50. The average molecular weight is 346 g/mol. The molecular formula is C19H18N6O. The first-order valence-electron chi connectivity index (χ1n) is 8.17. The molecule has 4 aromatic rings. The predicted molar refractivity (Wildman–Crippen MR) is 101 cm³/mol. The lowest BCUT2D eigenvalue weighted by Gasteiger charge is -2.08. The number of anilines is 2. The maximum atomic E-state index is 5.71. The molecule has 7 heteroatoms. The Morgan fingerprint density at radius 2 is 1.92 bits per heavy atom. The third-order valence-corrected chi connectivity index (χ3v) is 4.07. The van der Waals surface area contributed by atoms with E-state index in [0.717, 1.165) is 28.2 Å². The van der Waals surface area contributed by atoms with Crippen molar-refractivity contribution in [1.82, 2.24) is 19.6 Å².